The van der Waals surface area contributed by atoms with E-state index in [0.29, 0.717) is 42.5 Å². The molecule has 2 amide bonds. The zero-order valence-electron chi connectivity index (χ0n) is 16.7. The molecule has 1 atom stereocenters. The lowest BCUT2D eigenvalue weighted by Gasteiger charge is -2.42. The summed E-state index contributed by atoms with van der Waals surface area (Å²) in [6, 6.07) is 0.489. The van der Waals surface area contributed by atoms with Gasteiger partial charge < -0.3 is 14.7 Å². The molecule has 1 N–H and O–H groups in total. The summed E-state index contributed by atoms with van der Waals surface area (Å²) in [5, 5.41) is 6.85. The Morgan fingerprint density at radius 3 is 2.57 bits per heavy atom. The van der Waals surface area contributed by atoms with Crippen LogP contribution in [0.15, 0.2) is 4.52 Å². The number of likely N-dealkylation sites (tertiary alicyclic amines) is 2. The number of carbonyl (C=O) groups is 2. The summed E-state index contributed by atoms with van der Waals surface area (Å²) in [5.41, 5.74) is 0. The Morgan fingerprint density at radius 1 is 1.11 bits per heavy atom. The van der Waals surface area contributed by atoms with Gasteiger partial charge in [-0.15, -0.1) is 0 Å². The van der Waals surface area contributed by atoms with Gasteiger partial charge in [-0.1, -0.05) is 12.1 Å². The summed E-state index contributed by atoms with van der Waals surface area (Å²) in [7, 11) is 0. The van der Waals surface area contributed by atoms with Crippen molar-refractivity contribution < 1.29 is 14.1 Å². The normalized spacial score (nSPS) is 24.3. The van der Waals surface area contributed by atoms with Crippen molar-refractivity contribution in [3.8, 4) is 0 Å². The number of hydrogen-bond donors (Lipinski definition) is 1. The molecule has 1 aromatic heterocycles. The number of carbonyl (C=O) groups excluding carboxylic acids is 2. The van der Waals surface area contributed by atoms with Gasteiger partial charge >= 0.3 is 0 Å². The van der Waals surface area contributed by atoms with E-state index in [9.17, 15) is 9.59 Å². The first-order valence-corrected chi connectivity index (χ1v) is 10.8. The third-order valence-electron chi connectivity index (χ3n) is 6.28. The van der Waals surface area contributed by atoms with Crippen molar-refractivity contribution in [3.05, 3.63) is 11.7 Å². The number of nitrogens with one attached hydrogen (secondary N) is 1. The molecule has 3 fully saturated rings. The molecule has 2 aliphatic heterocycles. The number of rotatable bonds is 6. The number of piperidine rings is 2. The lowest BCUT2D eigenvalue weighted by atomic mass is 9.93. The fourth-order valence-electron chi connectivity index (χ4n) is 4.41. The van der Waals surface area contributed by atoms with Gasteiger partial charge in [0.25, 0.3) is 0 Å². The first kappa shape index (κ1) is 19.4. The van der Waals surface area contributed by atoms with Gasteiger partial charge in [-0.25, -0.2) is 0 Å². The van der Waals surface area contributed by atoms with Crippen LogP contribution in [-0.4, -0.2) is 64.0 Å². The Balaban J connectivity index is 1.23. The molecular formula is C20H31N5O3. The minimum atomic E-state index is 0.0115. The molecule has 28 heavy (non-hydrogen) atoms. The highest BCUT2D eigenvalue weighted by molar-refractivity contribution is 5.81. The number of amides is 2. The van der Waals surface area contributed by atoms with Crippen molar-refractivity contribution in [2.75, 3.05) is 26.2 Å². The van der Waals surface area contributed by atoms with Gasteiger partial charge in [0.1, 0.15) is 0 Å². The fraction of sp³-hybridized carbons (Fsp3) is 0.800. The molecule has 1 saturated carbocycles. The second-order valence-electron chi connectivity index (χ2n) is 8.34. The van der Waals surface area contributed by atoms with Crippen LogP contribution in [-0.2, 0) is 22.6 Å². The van der Waals surface area contributed by atoms with Gasteiger partial charge in [0.2, 0.25) is 17.7 Å². The quantitative estimate of drug-likeness (QED) is 0.790. The van der Waals surface area contributed by atoms with E-state index in [0.717, 1.165) is 64.7 Å². The summed E-state index contributed by atoms with van der Waals surface area (Å²) in [6.07, 6.45) is 6.86. The summed E-state index contributed by atoms with van der Waals surface area (Å²) in [6.45, 7) is 5.87. The second-order valence-corrected chi connectivity index (χ2v) is 8.34. The smallest absolute Gasteiger partial charge is 0.226 e. The molecule has 3 aliphatic rings. The Bertz CT molecular complexity index is 694. The van der Waals surface area contributed by atoms with Crippen LogP contribution in [0.25, 0.3) is 0 Å². The lowest BCUT2D eigenvalue weighted by Crippen LogP contribution is -2.51. The zero-order valence-corrected chi connectivity index (χ0v) is 16.7. The van der Waals surface area contributed by atoms with Crippen molar-refractivity contribution >= 4 is 11.8 Å². The van der Waals surface area contributed by atoms with E-state index in [1.165, 1.54) is 0 Å². The molecule has 8 heteroatoms. The average molecular weight is 390 g/mol. The van der Waals surface area contributed by atoms with Gasteiger partial charge in [-0.3, -0.25) is 14.5 Å². The van der Waals surface area contributed by atoms with Crippen molar-refractivity contribution in [3.63, 3.8) is 0 Å². The Hall–Kier alpha value is -1.96. The van der Waals surface area contributed by atoms with Crippen LogP contribution in [0.3, 0.4) is 0 Å². The van der Waals surface area contributed by atoms with E-state index >= 15 is 0 Å². The minimum absolute atomic E-state index is 0.0115. The molecule has 3 heterocycles. The summed E-state index contributed by atoms with van der Waals surface area (Å²) < 4.78 is 5.08. The Morgan fingerprint density at radius 2 is 1.89 bits per heavy atom. The molecule has 0 spiro atoms. The molecule has 2 saturated heterocycles. The van der Waals surface area contributed by atoms with Crippen molar-refractivity contribution in [1.82, 2.24) is 25.3 Å². The van der Waals surface area contributed by atoms with Crippen LogP contribution in [0.2, 0.25) is 0 Å². The molecule has 0 bridgehead atoms. The molecule has 154 valence electrons. The van der Waals surface area contributed by atoms with Crippen LogP contribution < -0.4 is 5.32 Å². The Kier molecular flexibility index (Phi) is 5.94. The molecule has 0 radical (unpaired) electrons. The topological polar surface area (TPSA) is 91.6 Å². The monoisotopic (exact) mass is 389 g/mol. The van der Waals surface area contributed by atoms with Gasteiger partial charge in [-0.2, -0.15) is 4.98 Å². The van der Waals surface area contributed by atoms with E-state index in [1.54, 1.807) is 0 Å². The highest BCUT2D eigenvalue weighted by Crippen LogP contribution is 2.32. The predicted octanol–water partition coefficient (Wildman–Crippen LogP) is 1.36. The molecule has 8 nitrogen and oxygen atoms in total. The van der Waals surface area contributed by atoms with Crippen LogP contribution in [0.5, 0.6) is 0 Å². The van der Waals surface area contributed by atoms with Gasteiger partial charge in [0, 0.05) is 38.0 Å². The van der Waals surface area contributed by atoms with Crippen LogP contribution >= 0.6 is 0 Å². The molecule has 1 aromatic rings. The van der Waals surface area contributed by atoms with Crippen LogP contribution in [0, 0.1) is 11.8 Å². The third-order valence-corrected chi connectivity index (χ3v) is 6.28. The van der Waals surface area contributed by atoms with E-state index in [1.807, 2.05) is 6.92 Å². The van der Waals surface area contributed by atoms with Gasteiger partial charge in [0.15, 0.2) is 5.82 Å². The van der Waals surface area contributed by atoms with E-state index < -0.39 is 0 Å². The van der Waals surface area contributed by atoms with Gasteiger partial charge in [0.05, 0.1) is 12.5 Å². The number of nitrogens with zero attached hydrogens (tertiary/aromatic N) is 4. The number of aryl methyl sites for hydroxylation is 1. The summed E-state index contributed by atoms with van der Waals surface area (Å²) in [4.78, 5) is 33.6. The van der Waals surface area contributed by atoms with Crippen molar-refractivity contribution in [1.29, 1.82) is 0 Å². The lowest BCUT2D eigenvalue weighted by molar-refractivity contribution is -0.134. The first-order valence-electron chi connectivity index (χ1n) is 10.8. The molecule has 1 aliphatic carbocycles. The van der Waals surface area contributed by atoms with Crippen LogP contribution in [0.4, 0.5) is 0 Å². The standard InChI is InChI=1S/C20H31N5O3/c1-2-18-22-17(23-28-18)12-21-19(26)15-4-3-9-25(13-15)16-7-10-24(11-8-16)20(27)14-5-6-14/h14-16H,2-13H2,1H3,(H,21,26). The van der Waals surface area contributed by atoms with Gasteiger partial charge in [-0.05, 0) is 45.1 Å². The molecule has 4 rings (SSSR count). The molecular weight excluding hydrogens is 358 g/mol. The zero-order chi connectivity index (χ0) is 19.5. The van der Waals surface area contributed by atoms with E-state index in [4.69, 9.17) is 4.52 Å². The van der Waals surface area contributed by atoms with Crippen molar-refractivity contribution in [2.24, 2.45) is 11.8 Å². The first-order chi connectivity index (χ1) is 13.6. The van der Waals surface area contributed by atoms with E-state index in [-0.39, 0.29) is 11.8 Å². The second kappa shape index (κ2) is 8.59. The predicted molar refractivity (Wildman–Crippen MR) is 102 cm³/mol. The SMILES string of the molecule is CCc1nc(CNC(=O)C2CCCN(C3CCN(C(=O)C4CC4)CC3)C2)no1. The van der Waals surface area contributed by atoms with Crippen LogP contribution in [0.1, 0.15) is 57.2 Å². The molecule has 0 aromatic carbocycles. The van der Waals surface area contributed by atoms with Crippen molar-refractivity contribution in [2.45, 2.75) is 64.5 Å². The number of aromatic nitrogens is 2. The maximum atomic E-state index is 12.6. The van der Waals surface area contributed by atoms with E-state index in [2.05, 4.69) is 25.3 Å². The Labute approximate surface area is 166 Å². The highest BCUT2D eigenvalue weighted by Gasteiger charge is 2.37. The summed E-state index contributed by atoms with van der Waals surface area (Å²) >= 11 is 0. The number of hydrogen-bond acceptors (Lipinski definition) is 6. The summed E-state index contributed by atoms with van der Waals surface area (Å²) in [5.74, 6) is 1.89. The largest absolute Gasteiger partial charge is 0.348 e. The molecule has 1 unspecified atom stereocenters. The maximum Gasteiger partial charge on any atom is 0.226 e. The third kappa shape index (κ3) is 4.54. The maximum absolute atomic E-state index is 12.6. The average Bonchev–Trinajstić information content (AvgIpc) is 3.49. The minimum Gasteiger partial charge on any atom is -0.348 e. The fourth-order valence-corrected chi connectivity index (χ4v) is 4.41. The highest BCUT2D eigenvalue weighted by atomic mass is 16.5.